The first kappa shape index (κ1) is 16.6. The van der Waals surface area contributed by atoms with Crippen molar-refractivity contribution in [2.45, 2.75) is 70.4 Å². The van der Waals surface area contributed by atoms with E-state index in [1.54, 1.807) is 0 Å². The van der Waals surface area contributed by atoms with Gasteiger partial charge in [0, 0.05) is 18.0 Å². The molecule has 0 aromatic rings. The van der Waals surface area contributed by atoms with Crippen molar-refractivity contribution in [1.29, 1.82) is 0 Å². The fourth-order valence-corrected chi connectivity index (χ4v) is 6.04. The van der Waals surface area contributed by atoms with Crippen LogP contribution in [0.1, 0.15) is 58.3 Å². The first-order valence-electron chi connectivity index (χ1n) is 10.2. The van der Waals surface area contributed by atoms with Crippen LogP contribution in [-0.4, -0.2) is 36.6 Å². The van der Waals surface area contributed by atoms with Gasteiger partial charge in [0.2, 0.25) is 0 Å². The van der Waals surface area contributed by atoms with Gasteiger partial charge in [0.05, 0.1) is 12.5 Å². The standard InChI is InChI=1S/C21H33NO2/c1-14-6-5-8-16(22(14)2)10-11-18-17-9-4-3-7-15(17)12-19-20(18)13-24-21(19)23/h10-11,14-20H,3-9,12-13H2,1-2H3/b11-10+/t14-,15-,16+,17+,18+,19+,20-/m0/s1. The Labute approximate surface area is 146 Å². The van der Waals surface area contributed by atoms with E-state index in [0.29, 0.717) is 30.5 Å². The van der Waals surface area contributed by atoms with E-state index in [-0.39, 0.29) is 11.9 Å². The number of ether oxygens (including phenoxy) is 1. The maximum atomic E-state index is 12.2. The summed E-state index contributed by atoms with van der Waals surface area (Å²) in [6, 6.07) is 1.26. The molecular weight excluding hydrogens is 298 g/mol. The van der Waals surface area contributed by atoms with Crippen molar-refractivity contribution < 1.29 is 9.53 Å². The average Bonchev–Trinajstić information content (AvgIpc) is 2.96. The summed E-state index contributed by atoms with van der Waals surface area (Å²) in [6.45, 7) is 3.01. The Morgan fingerprint density at radius 2 is 1.88 bits per heavy atom. The number of carbonyl (C=O) groups excluding carboxylic acids is 1. The lowest BCUT2D eigenvalue weighted by Gasteiger charge is -2.45. The molecule has 0 radical (unpaired) electrons. The quantitative estimate of drug-likeness (QED) is 0.565. The highest BCUT2D eigenvalue weighted by Gasteiger charge is 2.50. The number of rotatable bonds is 2. The molecule has 24 heavy (non-hydrogen) atoms. The molecule has 2 saturated carbocycles. The van der Waals surface area contributed by atoms with Crippen LogP contribution >= 0.6 is 0 Å². The summed E-state index contributed by atoms with van der Waals surface area (Å²) in [6.07, 6.45) is 15.4. The minimum atomic E-state index is 0.0887. The van der Waals surface area contributed by atoms with Crippen molar-refractivity contribution >= 4 is 5.97 Å². The number of nitrogens with zero attached hydrogens (tertiary/aromatic N) is 1. The van der Waals surface area contributed by atoms with Crippen molar-refractivity contribution in [3.8, 4) is 0 Å². The monoisotopic (exact) mass is 331 g/mol. The zero-order valence-electron chi connectivity index (χ0n) is 15.3. The zero-order chi connectivity index (χ0) is 16.7. The molecule has 0 spiro atoms. The molecule has 0 unspecified atom stereocenters. The number of fused-ring (bicyclic) bond motifs is 2. The second-order valence-electron chi connectivity index (χ2n) is 8.82. The molecule has 2 heterocycles. The molecule has 0 aromatic carbocycles. The SMILES string of the molecule is C[C@H]1CCC[C@H](/C=C/[C@@H]2[C@@H]3CCCC[C@H]3C[C@H]3C(=O)OC[C@@H]23)N1C. The van der Waals surface area contributed by atoms with Crippen LogP contribution in [-0.2, 0) is 9.53 Å². The van der Waals surface area contributed by atoms with Gasteiger partial charge in [-0.15, -0.1) is 0 Å². The van der Waals surface area contributed by atoms with E-state index in [1.807, 2.05) is 0 Å². The van der Waals surface area contributed by atoms with Crippen LogP contribution < -0.4 is 0 Å². The van der Waals surface area contributed by atoms with Gasteiger partial charge in [-0.3, -0.25) is 9.69 Å². The Morgan fingerprint density at radius 1 is 1.04 bits per heavy atom. The number of piperidine rings is 1. The molecule has 2 aliphatic carbocycles. The molecule has 134 valence electrons. The summed E-state index contributed by atoms with van der Waals surface area (Å²) in [5.74, 6) is 2.82. The van der Waals surface area contributed by atoms with Crippen molar-refractivity contribution in [2.24, 2.45) is 29.6 Å². The predicted molar refractivity (Wildman–Crippen MR) is 95.5 cm³/mol. The average molecular weight is 332 g/mol. The maximum absolute atomic E-state index is 12.2. The van der Waals surface area contributed by atoms with Crippen LogP contribution in [0.2, 0.25) is 0 Å². The molecule has 4 rings (SSSR count). The molecule has 0 N–H and O–H groups in total. The molecule has 2 saturated heterocycles. The summed E-state index contributed by atoms with van der Waals surface area (Å²) in [5.41, 5.74) is 0. The van der Waals surface area contributed by atoms with E-state index in [0.717, 1.165) is 18.3 Å². The first-order valence-corrected chi connectivity index (χ1v) is 10.2. The second kappa shape index (κ2) is 6.82. The Bertz CT molecular complexity index is 502. The number of likely N-dealkylation sites (tertiary alicyclic amines) is 1. The van der Waals surface area contributed by atoms with Gasteiger partial charge in [-0.1, -0.05) is 37.8 Å². The van der Waals surface area contributed by atoms with E-state index in [9.17, 15) is 4.79 Å². The summed E-state index contributed by atoms with van der Waals surface area (Å²) in [5, 5.41) is 0. The largest absolute Gasteiger partial charge is 0.465 e. The molecular formula is C21H33NO2. The molecule has 0 amide bonds. The van der Waals surface area contributed by atoms with Gasteiger partial charge in [0.15, 0.2) is 0 Å². The molecule has 3 heteroatoms. The number of hydrogen-bond acceptors (Lipinski definition) is 3. The molecule has 2 aliphatic heterocycles. The van der Waals surface area contributed by atoms with Gasteiger partial charge in [-0.25, -0.2) is 0 Å². The van der Waals surface area contributed by atoms with Crippen molar-refractivity contribution in [2.75, 3.05) is 13.7 Å². The molecule has 7 atom stereocenters. The minimum absolute atomic E-state index is 0.0887. The third kappa shape index (κ3) is 2.94. The number of carbonyl (C=O) groups is 1. The molecule has 4 aliphatic rings. The van der Waals surface area contributed by atoms with Crippen LogP contribution in [0, 0.1) is 29.6 Å². The second-order valence-corrected chi connectivity index (χ2v) is 8.82. The smallest absolute Gasteiger partial charge is 0.309 e. The maximum Gasteiger partial charge on any atom is 0.309 e. The van der Waals surface area contributed by atoms with E-state index < -0.39 is 0 Å². The number of allylic oxidation sites excluding steroid dienone is 1. The lowest BCUT2D eigenvalue weighted by atomic mass is 9.58. The van der Waals surface area contributed by atoms with Crippen molar-refractivity contribution in [3.05, 3.63) is 12.2 Å². The lowest BCUT2D eigenvalue weighted by molar-refractivity contribution is -0.142. The fraction of sp³-hybridized carbons (Fsp3) is 0.857. The minimum Gasteiger partial charge on any atom is -0.465 e. The van der Waals surface area contributed by atoms with Crippen LogP contribution in [0.4, 0.5) is 0 Å². The number of likely N-dealkylation sites (N-methyl/N-ethyl adjacent to an activating group) is 1. The lowest BCUT2D eigenvalue weighted by Crippen LogP contribution is -2.43. The Morgan fingerprint density at radius 3 is 2.75 bits per heavy atom. The van der Waals surface area contributed by atoms with Crippen LogP contribution in [0.3, 0.4) is 0 Å². The molecule has 3 nitrogen and oxygen atoms in total. The summed E-state index contributed by atoms with van der Waals surface area (Å²) in [7, 11) is 2.27. The van der Waals surface area contributed by atoms with Gasteiger partial charge in [0.1, 0.15) is 0 Å². The summed E-state index contributed by atoms with van der Waals surface area (Å²) >= 11 is 0. The van der Waals surface area contributed by atoms with E-state index in [1.165, 1.54) is 44.9 Å². The molecule has 4 fully saturated rings. The Kier molecular flexibility index (Phi) is 4.73. The van der Waals surface area contributed by atoms with E-state index >= 15 is 0 Å². The van der Waals surface area contributed by atoms with Crippen molar-refractivity contribution in [3.63, 3.8) is 0 Å². The Hall–Kier alpha value is -0.830. The van der Waals surface area contributed by atoms with Crippen molar-refractivity contribution in [1.82, 2.24) is 4.90 Å². The van der Waals surface area contributed by atoms with Crippen LogP contribution in [0.15, 0.2) is 12.2 Å². The zero-order valence-corrected chi connectivity index (χ0v) is 15.3. The highest BCUT2D eigenvalue weighted by atomic mass is 16.5. The van der Waals surface area contributed by atoms with E-state index in [2.05, 4.69) is 31.0 Å². The van der Waals surface area contributed by atoms with Gasteiger partial charge in [-0.2, -0.15) is 0 Å². The Balaban J connectivity index is 1.54. The van der Waals surface area contributed by atoms with Gasteiger partial charge in [0.25, 0.3) is 0 Å². The predicted octanol–water partition coefficient (Wildman–Crippen LogP) is 4.03. The summed E-state index contributed by atoms with van der Waals surface area (Å²) in [4.78, 5) is 14.7. The number of cyclic esters (lactones) is 1. The molecule has 0 bridgehead atoms. The third-order valence-corrected chi connectivity index (χ3v) is 7.65. The van der Waals surface area contributed by atoms with Gasteiger partial charge in [-0.05, 0) is 57.4 Å². The fourth-order valence-electron chi connectivity index (χ4n) is 6.04. The highest BCUT2D eigenvalue weighted by Crippen LogP contribution is 2.51. The summed E-state index contributed by atoms with van der Waals surface area (Å²) < 4.78 is 5.48. The molecule has 0 aromatic heterocycles. The van der Waals surface area contributed by atoms with Gasteiger partial charge < -0.3 is 4.74 Å². The highest BCUT2D eigenvalue weighted by molar-refractivity contribution is 5.75. The normalized spacial score (nSPS) is 46.6. The van der Waals surface area contributed by atoms with Crippen LogP contribution in [0.25, 0.3) is 0 Å². The first-order chi connectivity index (χ1) is 11.6. The third-order valence-electron chi connectivity index (χ3n) is 7.65. The van der Waals surface area contributed by atoms with Crippen LogP contribution in [0.5, 0.6) is 0 Å². The number of esters is 1. The van der Waals surface area contributed by atoms with Gasteiger partial charge >= 0.3 is 5.97 Å². The van der Waals surface area contributed by atoms with E-state index in [4.69, 9.17) is 4.74 Å². The topological polar surface area (TPSA) is 29.5 Å². The number of hydrogen-bond donors (Lipinski definition) is 0.